The number of β-amino-alcohol motifs (C(OH)–C–C–N with tert-alkyl or cyclic N) is 1. The van der Waals surface area contributed by atoms with Crippen molar-refractivity contribution in [1.82, 2.24) is 24.6 Å². The Morgan fingerprint density at radius 3 is 2.79 bits per heavy atom. The minimum Gasteiger partial charge on any atom is -0.386 e. The summed E-state index contributed by atoms with van der Waals surface area (Å²) in [5.74, 6) is -0.102. The molecule has 1 saturated heterocycles. The van der Waals surface area contributed by atoms with Crippen molar-refractivity contribution < 1.29 is 9.90 Å². The Labute approximate surface area is 198 Å². The monoisotopic (exact) mass is 456 g/mol. The second-order valence-electron chi connectivity index (χ2n) is 9.03. The summed E-state index contributed by atoms with van der Waals surface area (Å²) in [4.78, 5) is 25.6. The molecule has 0 bridgehead atoms. The minimum atomic E-state index is -1.000. The van der Waals surface area contributed by atoms with Gasteiger partial charge in [-0.1, -0.05) is 12.1 Å². The number of benzene rings is 1. The molecule has 1 amide bonds. The lowest BCUT2D eigenvalue weighted by molar-refractivity contribution is 0.0000675. The number of hydrogen-bond acceptors (Lipinski definition) is 6. The van der Waals surface area contributed by atoms with Crippen molar-refractivity contribution in [3.05, 3.63) is 84.6 Å². The maximum Gasteiger partial charge on any atom is 0.253 e. The second-order valence-corrected chi connectivity index (χ2v) is 9.03. The Morgan fingerprint density at radius 2 is 2.00 bits per heavy atom. The fourth-order valence-electron chi connectivity index (χ4n) is 4.77. The zero-order valence-electron chi connectivity index (χ0n) is 19.2. The number of carbonyl (C=O) groups excluding carboxylic acids is 1. The highest BCUT2D eigenvalue weighted by atomic mass is 16.3. The van der Waals surface area contributed by atoms with Crippen LogP contribution in [-0.4, -0.2) is 67.9 Å². The standard InChI is InChI=1S/C26H28N6O2/c1-30(25(33)21-6-4-20(5-7-21)17-32-15-3-11-29-32)18-26(34)10-2-14-31(19-26)24-9-13-28-23-8-12-27-16-22(23)24/h3-9,11-13,15-16,34H,2,10,14,17-19H2,1H3/t26-/m0/s1. The summed E-state index contributed by atoms with van der Waals surface area (Å²) in [6.45, 7) is 2.21. The number of hydrogen-bond donors (Lipinski definition) is 1. The maximum absolute atomic E-state index is 13.1. The van der Waals surface area contributed by atoms with Gasteiger partial charge in [-0.15, -0.1) is 0 Å². The zero-order valence-corrected chi connectivity index (χ0v) is 19.2. The molecular weight excluding hydrogens is 428 g/mol. The Morgan fingerprint density at radius 1 is 1.15 bits per heavy atom. The van der Waals surface area contributed by atoms with E-state index in [9.17, 15) is 9.90 Å². The zero-order chi connectivity index (χ0) is 23.5. The quantitative estimate of drug-likeness (QED) is 0.480. The molecule has 0 radical (unpaired) electrons. The number of aromatic nitrogens is 4. The summed E-state index contributed by atoms with van der Waals surface area (Å²) in [5.41, 5.74) is 2.57. The number of anilines is 1. The van der Waals surface area contributed by atoms with Gasteiger partial charge in [0.15, 0.2) is 0 Å². The minimum absolute atomic E-state index is 0.102. The van der Waals surface area contributed by atoms with E-state index in [1.165, 1.54) is 0 Å². The molecule has 174 valence electrons. The van der Waals surface area contributed by atoms with Crippen LogP contribution in [0.15, 0.2) is 73.4 Å². The first-order valence-corrected chi connectivity index (χ1v) is 11.5. The van der Waals surface area contributed by atoms with Gasteiger partial charge in [-0.2, -0.15) is 5.10 Å². The summed E-state index contributed by atoms with van der Waals surface area (Å²) < 4.78 is 1.84. The van der Waals surface area contributed by atoms with Crippen LogP contribution >= 0.6 is 0 Å². The van der Waals surface area contributed by atoms with Gasteiger partial charge in [0.2, 0.25) is 0 Å². The van der Waals surface area contributed by atoms with Crippen LogP contribution in [0, 0.1) is 0 Å². The highest BCUT2D eigenvalue weighted by molar-refractivity contribution is 5.94. The van der Waals surface area contributed by atoms with Crippen LogP contribution in [0.1, 0.15) is 28.8 Å². The van der Waals surface area contributed by atoms with Gasteiger partial charge in [-0.05, 0) is 48.7 Å². The van der Waals surface area contributed by atoms with Gasteiger partial charge in [0.1, 0.15) is 0 Å². The Balaban J connectivity index is 1.27. The van der Waals surface area contributed by atoms with Crippen LogP contribution in [0.25, 0.3) is 10.9 Å². The normalized spacial score (nSPS) is 18.2. The van der Waals surface area contributed by atoms with Gasteiger partial charge in [0, 0.05) is 67.8 Å². The van der Waals surface area contributed by atoms with Crippen molar-refractivity contribution in [3.8, 4) is 0 Å². The highest BCUT2D eigenvalue weighted by Crippen LogP contribution is 2.31. The molecule has 0 unspecified atom stereocenters. The van der Waals surface area contributed by atoms with Crippen LogP contribution in [-0.2, 0) is 6.54 Å². The molecule has 1 aromatic carbocycles. The Bertz CT molecular complexity index is 1270. The van der Waals surface area contributed by atoms with Crippen LogP contribution < -0.4 is 4.90 Å². The second kappa shape index (κ2) is 9.23. The first kappa shape index (κ1) is 22.0. The average Bonchev–Trinajstić information content (AvgIpc) is 3.36. The summed E-state index contributed by atoms with van der Waals surface area (Å²) in [7, 11) is 1.75. The smallest absolute Gasteiger partial charge is 0.253 e. The number of rotatable bonds is 6. The van der Waals surface area contributed by atoms with E-state index in [1.54, 1.807) is 30.5 Å². The summed E-state index contributed by atoms with van der Waals surface area (Å²) >= 11 is 0. The number of likely N-dealkylation sites (N-methyl/N-ethyl adjacent to an activating group) is 1. The molecule has 4 aromatic rings. The van der Waals surface area contributed by atoms with Gasteiger partial charge in [0.05, 0.1) is 24.2 Å². The summed E-state index contributed by atoms with van der Waals surface area (Å²) in [6, 6.07) is 13.3. The lowest BCUT2D eigenvalue weighted by Gasteiger charge is -2.42. The maximum atomic E-state index is 13.1. The molecule has 1 fully saturated rings. The van der Waals surface area contributed by atoms with Crippen molar-refractivity contribution >= 4 is 22.5 Å². The first-order chi connectivity index (χ1) is 16.5. The molecule has 0 aliphatic carbocycles. The molecule has 0 saturated carbocycles. The molecule has 8 heteroatoms. The molecule has 34 heavy (non-hydrogen) atoms. The fraction of sp³-hybridized carbons (Fsp3) is 0.308. The first-order valence-electron chi connectivity index (χ1n) is 11.5. The van der Waals surface area contributed by atoms with Crippen LogP contribution in [0.2, 0.25) is 0 Å². The van der Waals surface area contributed by atoms with E-state index >= 15 is 0 Å². The predicted octanol–water partition coefficient (Wildman–Crippen LogP) is 2.98. The number of nitrogens with zero attached hydrogens (tertiary/aromatic N) is 6. The van der Waals surface area contributed by atoms with Crippen molar-refractivity contribution in [2.45, 2.75) is 25.0 Å². The lowest BCUT2D eigenvalue weighted by Crippen LogP contribution is -2.54. The highest BCUT2D eigenvalue weighted by Gasteiger charge is 2.36. The molecule has 3 aromatic heterocycles. The molecule has 1 atom stereocenters. The molecule has 8 nitrogen and oxygen atoms in total. The van der Waals surface area contributed by atoms with Gasteiger partial charge in [-0.3, -0.25) is 19.4 Å². The predicted molar refractivity (Wildman–Crippen MR) is 131 cm³/mol. The van der Waals surface area contributed by atoms with Crippen molar-refractivity contribution in [2.24, 2.45) is 0 Å². The van der Waals surface area contributed by atoms with Gasteiger partial charge in [-0.25, -0.2) is 0 Å². The van der Waals surface area contributed by atoms with E-state index in [-0.39, 0.29) is 12.5 Å². The van der Waals surface area contributed by atoms with Crippen LogP contribution in [0.3, 0.4) is 0 Å². The Kier molecular flexibility index (Phi) is 5.98. The van der Waals surface area contributed by atoms with Crippen LogP contribution in [0.4, 0.5) is 5.69 Å². The molecule has 0 spiro atoms. The summed E-state index contributed by atoms with van der Waals surface area (Å²) in [5, 5.41) is 16.6. The van der Waals surface area contributed by atoms with E-state index in [1.807, 2.05) is 59.5 Å². The third kappa shape index (κ3) is 4.63. The molecule has 4 heterocycles. The van der Waals surface area contributed by atoms with Gasteiger partial charge < -0.3 is 14.9 Å². The third-order valence-electron chi connectivity index (χ3n) is 6.40. The van der Waals surface area contributed by atoms with Crippen molar-refractivity contribution in [1.29, 1.82) is 0 Å². The van der Waals surface area contributed by atoms with E-state index in [4.69, 9.17) is 0 Å². The number of carbonyl (C=O) groups is 1. The Hall–Kier alpha value is -3.78. The van der Waals surface area contributed by atoms with E-state index in [2.05, 4.69) is 20.0 Å². The molecule has 5 rings (SSSR count). The SMILES string of the molecule is CN(C[C@@]1(O)CCCN(c2ccnc3ccncc23)C1)C(=O)c1ccc(Cn2cccn2)cc1. The average molecular weight is 457 g/mol. The van der Waals surface area contributed by atoms with E-state index < -0.39 is 5.60 Å². The van der Waals surface area contributed by atoms with Crippen molar-refractivity contribution in [2.75, 3.05) is 31.6 Å². The van der Waals surface area contributed by atoms with E-state index in [0.717, 1.165) is 35.1 Å². The molecular formula is C26H28N6O2. The molecule has 1 aliphatic rings. The van der Waals surface area contributed by atoms with Gasteiger partial charge >= 0.3 is 0 Å². The van der Waals surface area contributed by atoms with Gasteiger partial charge in [0.25, 0.3) is 5.91 Å². The topological polar surface area (TPSA) is 87.4 Å². The molecule has 1 aliphatic heterocycles. The third-order valence-corrected chi connectivity index (χ3v) is 6.40. The number of piperidine rings is 1. The lowest BCUT2D eigenvalue weighted by atomic mass is 9.91. The largest absolute Gasteiger partial charge is 0.386 e. The number of aliphatic hydroxyl groups is 1. The molecule has 1 N–H and O–H groups in total. The number of amides is 1. The van der Waals surface area contributed by atoms with E-state index in [0.29, 0.717) is 25.1 Å². The number of pyridine rings is 2. The van der Waals surface area contributed by atoms with Crippen molar-refractivity contribution in [3.63, 3.8) is 0 Å². The fourth-order valence-corrected chi connectivity index (χ4v) is 4.77. The van der Waals surface area contributed by atoms with Crippen LogP contribution in [0.5, 0.6) is 0 Å². The number of fused-ring (bicyclic) bond motifs is 1. The summed E-state index contributed by atoms with van der Waals surface area (Å²) in [6.07, 6.45) is 10.5.